The van der Waals surface area contributed by atoms with Gasteiger partial charge in [0.1, 0.15) is 0 Å². The maximum Gasteiger partial charge on any atom is 0.397 e. The zero-order chi connectivity index (χ0) is 4.99. The second kappa shape index (κ2) is 2.99. The maximum absolute atomic E-state index is 9.56. The smallest absolute Gasteiger partial charge is 0.286 e. The van der Waals surface area contributed by atoms with Gasteiger partial charge in [-0.2, -0.15) is 4.89 Å². The minimum Gasteiger partial charge on any atom is -0.286 e. The molecule has 0 aromatic carbocycles. The molecule has 0 fully saturated rings. The summed E-state index contributed by atoms with van der Waals surface area (Å²) in [5.74, 6) is 0. The van der Waals surface area contributed by atoms with Gasteiger partial charge >= 0.3 is 5.30 Å². The number of carbonyl (C=O) groups is 1. The highest BCUT2D eigenvalue weighted by Crippen LogP contribution is 1.82. The van der Waals surface area contributed by atoms with Crippen LogP contribution in [0.1, 0.15) is 0 Å². The Morgan fingerprint density at radius 3 is 2.33 bits per heavy atom. The largest absolute Gasteiger partial charge is 0.397 e. The summed E-state index contributed by atoms with van der Waals surface area (Å²) in [5.41, 5.74) is 0. The molecule has 0 aromatic rings. The first-order valence-electron chi connectivity index (χ1n) is 1.21. The van der Waals surface area contributed by atoms with Gasteiger partial charge in [-0.05, 0) is 0 Å². The van der Waals surface area contributed by atoms with Gasteiger partial charge in [-0.15, -0.1) is 0 Å². The van der Waals surface area contributed by atoms with Crippen molar-refractivity contribution in [3.05, 3.63) is 0 Å². The Morgan fingerprint density at radius 2 is 2.33 bits per heavy atom. The van der Waals surface area contributed by atoms with E-state index in [1.54, 1.807) is 0 Å². The van der Waals surface area contributed by atoms with Gasteiger partial charge in [0.25, 0.3) is 0 Å². The van der Waals surface area contributed by atoms with Crippen molar-refractivity contribution in [3.8, 4) is 0 Å². The number of thiol groups is 1. The van der Waals surface area contributed by atoms with Crippen LogP contribution in [0, 0.1) is 0 Å². The molecule has 0 aliphatic rings. The predicted molar refractivity (Wildman–Crippen MR) is 22.5 cm³/mol. The van der Waals surface area contributed by atoms with Crippen LogP contribution in [0.4, 0.5) is 4.79 Å². The standard InChI is InChI=1S/C2H4O3S/c1-4-5-2(3)6/h1H3,(H,3,6). The van der Waals surface area contributed by atoms with Crippen LogP contribution in [0.25, 0.3) is 0 Å². The second-order valence-corrected chi connectivity index (χ2v) is 0.881. The molecule has 0 saturated carbocycles. The van der Waals surface area contributed by atoms with Crippen molar-refractivity contribution in [1.29, 1.82) is 0 Å². The van der Waals surface area contributed by atoms with Crippen molar-refractivity contribution in [2.24, 2.45) is 0 Å². The van der Waals surface area contributed by atoms with E-state index in [-0.39, 0.29) is 0 Å². The molecule has 0 atom stereocenters. The highest BCUT2D eigenvalue weighted by molar-refractivity contribution is 7.96. The molecule has 6 heavy (non-hydrogen) atoms. The molecule has 0 radical (unpaired) electrons. The molecule has 0 unspecified atom stereocenters. The molecule has 0 amide bonds. The van der Waals surface area contributed by atoms with Gasteiger partial charge < -0.3 is 0 Å². The molecule has 0 aliphatic heterocycles. The Labute approximate surface area is 40.6 Å². The van der Waals surface area contributed by atoms with Gasteiger partial charge in [-0.1, -0.05) is 12.6 Å². The lowest BCUT2D eigenvalue weighted by atomic mass is 11.6. The van der Waals surface area contributed by atoms with E-state index < -0.39 is 5.30 Å². The van der Waals surface area contributed by atoms with E-state index in [2.05, 4.69) is 22.4 Å². The summed E-state index contributed by atoms with van der Waals surface area (Å²) in [6, 6.07) is 0. The molecule has 0 aromatic heterocycles. The lowest BCUT2D eigenvalue weighted by Crippen LogP contribution is -1.88. The molecule has 36 valence electrons. The molecular weight excluding hydrogens is 104 g/mol. The second-order valence-electron chi connectivity index (χ2n) is 0.516. The fraction of sp³-hybridized carbons (Fsp3) is 0.500. The van der Waals surface area contributed by atoms with Crippen LogP contribution >= 0.6 is 12.6 Å². The Bertz CT molecular complexity index is 52.8. The van der Waals surface area contributed by atoms with Gasteiger partial charge in [-0.25, -0.2) is 4.79 Å². The highest BCUT2D eigenvalue weighted by atomic mass is 32.1. The van der Waals surface area contributed by atoms with Crippen molar-refractivity contribution < 1.29 is 14.6 Å². The van der Waals surface area contributed by atoms with E-state index in [1.807, 2.05) is 0 Å². The van der Waals surface area contributed by atoms with Crippen LogP contribution in [0.5, 0.6) is 0 Å². The number of rotatable bonds is 1. The predicted octanol–water partition coefficient (Wildman–Crippen LogP) is 0.614. The Kier molecular flexibility index (Phi) is 2.88. The van der Waals surface area contributed by atoms with E-state index in [1.165, 1.54) is 7.11 Å². The third-order valence-electron chi connectivity index (χ3n) is 0.155. The molecule has 0 bridgehead atoms. The fourth-order valence-electron chi connectivity index (χ4n) is 0.0713. The zero-order valence-electron chi connectivity index (χ0n) is 3.17. The normalized spacial score (nSPS) is 7.67. The Morgan fingerprint density at radius 1 is 1.83 bits per heavy atom. The summed E-state index contributed by atoms with van der Waals surface area (Å²) < 4.78 is 0. The van der Waals surface area contributed by atoms with Gasteiger partial charge in [0, 0.05) is 0 Å². The van der Waals surface area contributed by atoms with E-state index >= 15 is 0 Å². The first-order chi connectivity index (χ1) is 2.77. The first kappa shape index (κ1) is 5.78. The van der Waals surface area contributed by atoms with Gasteiger partial charge in [-0.3, -0.25) is 4.89 Å². The molecule has 0 saturated heterocycles. The molecule has 0 spiro atoms. The average molecular weight is 108 g/mol. The van der Waals surface area contributed by atoms with Crippen molar-refractivity contribution in [1.82, 2.24) is 0 Å². The third kappa shape index (κ3) is 3.78. The number of hydrogen-bond acceptors (Lipinski definition) is 3. The Balaban J connectivity index is 2.83. The lowest BCUT2D eigenvalue weighted by Gasteiger charge is -1.86. The minimum atomic E-state index is -0.738. The van der Waals surface area contributed by atoms with Crippen molar-refractivity contribution in [2.75, 3.05) is 7.11 Å². The van der Waals surface area contributed by atoms with Gasteiger partial charge in [0.15, 0.2) is 0 Å². The van der Waals surface area contributed by atoms with E-state index in [0.29, 0.717) is 0 Å². The van der Waals surface area contributed by atoms with E-state index in [4.69, 9.17) is 0 Å². The van der Waals surface area contributed by atoms with Crippen LogP contribution < -0.4 is 0 Å². The summed E-state index contributed by atoms with van der Waals surface area (Å²) >= 11 is 3.19. The average Bonchev–Trinajstić information content (AvgIpc) is 1.35. The zero-order valence-corrected chi connectivity index (χ0v) is 4.07. The summed E-state index contributed by atoms with van der Waals surface area (Å²) in [6.07, 6.45) is 0. The first-order valence-corrected chi connectivity index (χ1v) is 1.65. The summed E-state index contributed by atoms with van der Waals surface area (Å²) in [5, 5.41) is -0.738. The van der Waals surface area contributed by atoms with Crippen LogP contribution in [0.2, 0.25) is 0 Å². The fourth-order valence-corrected chi connectivity index (χ4v) is 0.146. The van der Waals surface area contributed by atoms with Crippen molar-refractivity contribution in [2.45, 2.75) is 0 Å². The van der Waals surface area contributed by atoms with Gasteiger partial charge in [0.2, 0.25) is 0 Å². The van der Waals surface area contributed by atoms with Crippen molar-refractivity contribution in [3.63, 3.8) is 0 Å². The van der Waals surface area contributed by atoms with Crippen LogP contribution in [0.15, 0.2) is 0 Å². The van der Waals surface area contributed by atoms with Crippen LogP contribution in [-0.4, -0.2) is 12.4 Å². The molecule has 3 nitrogen and oxygen atoms in total. The molecular formula is C2H4O3S. The third-order valence-corrected chi connectivity index (χ3v) is 0.229. The van der Waals surface area contributed by atoms with E-state index in [9.17, 15) is 4.79 Å². The summed E-state index contributed by atoms with van der Waals surface area (Å²) in [7, 11) is 1.23. The lowest BCUT2D eigenvalue weighted by molar-refractivity contribution is -0.203. The quantitative estimate of drug-likeness (QED) is 0.304. The molecule has 0 rings (SSSR count). The summed E-state index contributed by atoms with van der Waals surface area (Å²) in [4.78, 5) is 17.2. The van der Waals surface area contributed by atoms with E-state index in [0.717, 1.165) is 0 Å². The Hall–Kier alpha value is -0.220. The molecule has 0 heterocycles. The highest BCUT2D eigenvalue weighted by Gasteiger charge is 1.85. The van der Waals surface area contributed by atoms with Gasteiger partial charge in [0.05, 0.1) is 7.11 Å². The maximum atomic E-state index is 9.56. The molecule has 4 heteroatoms. The monoisotopic (exact) mass is 108 g/mol. The SMILES string of the molecule is COOC(=O)S. The van der Waals surface area contributed by atoms with Crippen LogP contribution in [-0.2, 0) is 9.78 Å². The number of hydrogen-bond donors (Lipinski definition) is 1. The van der Waals surface area contributed by atoms with Crippen LogP contribution in [0.3, 0.4) is 0 Å². The molecule has 0 aliphatic carbocycles. The molecule has 0 N–H and O–H groups in total. The minimum absolute atomic E-state index is 0.738. The number of carbonyl (C=O) groups excluding carboxylic acids is 1. The topological polar surface area (TPSA) is 35.5 Å². The van der Waals surface area contributed by atoms with Crippen molar-refractivity contribution >= 4 is 17.9 Å². The summed E-state index contributed by atoms with van der Waals surface area (Å²) in [6.45, 7) is 0.